The number of halogens is 1. The van der Waals surface area contributed by atoms with Crippen molar-refractivity contribution in [3.05, 3.63) is 45.8 Å². The standard InChI is InChI=1S/C7H5ClNO2/c1-5-4-6(9(10)11)2-3-7(5)8/h2-4H,1H2. The summed E-state index contributed by atoms with van der Waals surface area (Å²) in [5, 5.41) is 10.6. The highest BCUT2D eigenvalue weighted by molar-refractivity contribution is 6.31. The third kappa shape index (κ3) is 1.68. The molecule has 0 saturated carbocycles. The molecule has 1 radical (unpaired) electrons. The van der Waals surface area contributed by atoms with E-state index >= 15 is 0 Å². The Morgan fingerprint density at radius 2 is 2.18 bits per heavy atom. The summed E-state index contributed by atoms with van der Waals surface area (Å²) in [6.07, 6.45) is 0. The van der Waals surface area contributed by atoms with Crippen LogP contribution in [-0.2, 0) is 0 Å². The summed E-state index contributed by atoms with van der Waals surface area (Å²) in [6, 6.07) is 4.14. The zero-order valence-electron chi connectivity index (χ0n) is 5.58. The topological polar surface area (TPSA) is 43.1 Å². The molecule has 0 aromatic heterocycles. The van der Waals surface area contributed by atoms with Crippen LogP contribution in [0.1, 0.15) is 5.56 Å². The van der Waals surface area contributed by atoms with Gasteiger partial charge in [0, 0.05) is 17.2 Å². The first-order valence-corrected chi connectivity index (χ1v) is 3.25. The second kappa shape index (κ2) is 2.88. The quantitative estimate of drug-likeness (QED) is 0.480. The van der Waals surface area contributed by atoms with Crippen molar-refractivity contribution >= 4 is 17.3 Å². The van der Waals surface area contributed by atoms with E-state index in [1.165, 1.54) is 18.2 Å². The summed E-state index contributed by atoms with van der Waals surface area (Å²) < 4.78 is 0. The molecule has 0 aliphatic carbocycles. The molecule has 0 saturated heterocycles. The van der Waals surface area contributed by atoms with E-state index < -0.39 is 4.92 Å². The molecular formula is C7H5ClNO2. The van der Waals surface area contributed by atoms with Crippen LogP contribution in [-0.4, -0.2) is 4.92 Å². The van der Waals surface area contributed by atoms with Gasteiger partial charge in [0.15, 0.2) is 0 Å². The van der Waals surface area contributed by atoms with E-state index in [-0.39, 0.29) is 5.69 Å². The maximum Gasteiger partial charge on any atom is 0.269 e. The van der Waals surface area contributed by atoms with Crippen molar-refractivity contribution in [3.63, 3.8) is 0 Å². The van der Waals surface area contributed by atoms with E-state index in [9.17, 15) is 10.1 Å². The minimum absolute atomic E-state index is 0.0133. The van der Waals surface area contributed by atoms with Crippen molar-refractivity contribution in [2.24, 2.45) is 0 Å². The van der Waals surface area contributed by atoms with Crippen LogP contribution in [0, 0.1) is 17.0 Å². The minimum Gasteiger partial charge on any atom is -0.258 e. The fourth-order valence-electron chi connectivity index (χ4n) is 0.675. The van der Waals surface area contributed by atoms with E-state index in [0.29, 0.717) is 10.6 Å². The first-order chi connectivity index (χ1) is 5.11. The Hall–Kier alpha value is -1.09. The van der Waals surface area contributed by atoms with Gasteiger partial charge < -0.3 is 0 Å². The molecule has 0 unspecified atom stereocenters. The lowest BCUT2D eigenvalue weighted by atomic mass is 10.2. The van der Waals surface area contributed by atoms with Crippen LogP contribution in [0.15, 0.2) is 18.2 Å². The average molecular weight is 171 g/mol. The van der Waals surface area contributed by atoms with Gasteiger partial charge in [-0.3, -0.25) is 10.1 Å². The summed E-state index contributed by atoms with van der Waals surface area (Å²) in [4.78, 5) is 9.72. The fraction of sp³-hybridized carbons (Fsp3) is 0. The maximum atomic E-state index is 10.2. The molecule has 11 heavy (non-hydrogen) atoms. The van der Waals surface area contributed by atoms with Crippen LogP contribution >= 0.6 is 11.6 Å². The number of hydrogen-bond donors (Lipinski definition) is 0. The monoisotopic (exact) mass is 170 g/mol. The summed E-state index contributed by atoms with van der Waals surface area (Å²) in [5.74, 6) is 0. The molecule has 0 aliphatic heterocycles. The van der Waals surface area contributed by atoms with Gasteiger partial charge in [0.1, 0.15) is 0 Å². The molecule has 0 heterocycles. The van der Waals surface area contributed by atoms with Crippen LogP contribution in [0.5, 0.6) is 0 Å². The molecule has 0 fully saturated rings. The molecular weight excluding hydrogens is 166 g/mol. The molecule has 3 nitrogen and oxygen atoms in total. The summed E-state index contributed by atoms with van der Waals surface area (Å²) in [5.41, 5.74) is 0.486. The van der Waals surface area contributed by atoms with Crippen molar-refractivity contribution in [2.45, 2.75) is 0 Å². The van der Waals surface area contributed by atoms with E-state index in [1.807, 2.05) is 0 Å². The molecule has 0 aliphatic rings. The lowest BCUT2D eigenvalue weighted by molar-refractivity contribution is -0.384. The number of rotatable bonds is 1. The molecule has 1 rings (SSSR count). The second-order valence-corrected chi connectivity index (χ2v) is 2.44. The normalized spacial score (nSPS) is 9.64. The first-order valence-electron chi connectivity index (χ1n) is 2.87. The Kier molecular flexibility index (Phi) is 2.10. The number of hydrogen-bond acceptors (Lipinski definition) is 2. The van der Waals surface area contributed by atoms with Gasteiger partial charge in [-0.1, -0.05) is 11.6 Å². The van der Waals surface area contributed by atoms with Crippen molar-refractivity contribution in [2.75, 3.05) is 0 Å². The number of non-ortho nitro benzene ring substituents is 1. The van der Waals surface area contributed by atoms with Crippen LogP contribution < -0.4 is 0 Å². The highest BCUT2D eigenvalue weighted by atomic mass is 35.5. The molecule has 4 heteroatoms. The second-order valence-electron chi connectivity index (χ2n) is 2.03. The average Bonchev–Trinajstić information content (AvgIpc) is 1.94. The predicted octanol–water partition coefficient (Wildman–Crippen LogP) is 2.43. The lowest BCUT2D eigenvalue weighted by Crippen LogP contribution is -1.87. The SMILES string of the molecule is [CH2]c1cc([N+](=O)[O-])ccc1Cl. The number of nitrogens with zero attached hydrogens (tertiary/aromatic N) is 1. The summed E-state index contributed by atoms with van der Waals surface area (Å²) in [7, 11) is 0. The Bertz CT molecular complexity index is 298. The highest BCUT2D eigenvalue weighted by Gasteiger charge is 2.05. The van der Waals surface area contributed by atoms with Gasteiger partial charge in [0.2, 0.25) is 0 Å². The van der Waals surface area contributed by atoms with Gasteiger partial charge in [-0.2, -0.15) is 0 Å². The molecule has 0 N–H and O–H groups in total. The molecule has 0 bridgehead atoms. The van der Waals surface area contributed by atoms with E-state index in [0.717, 1.165) is 0 Å². The van der Waals surface area contributed by atoms with Gasteiger partial charge >= 0.3 is 0 Å². The van der Waals surface area contributed by atoms with Crippen LogP contribution in [0.4, 0.5) is 5.69 Å². The van der Waals surface area contributed by atoms with Gasteiger partial charge in [-0.15, -0.1) is 0 Å². The Morgan fingerprint density at radius 3 is 2.64 bits per heavy atom. The summed E-state index contributed by atoms with van der Waals surface area (Å²) >= 11 is 5.60. The van der Waals surface area contributed by atoms with E-state index in [4.69, 9.17) is 11.6 Å². The van der Waals surface area contributed by atoms with Crippen molar-refractivity contribution in [3.8, 4) is 0 Å². The lowest BCUT2D eigenvalue weighted by Gasteiger charge is -1.95. The van der Waals surface area contributed by atoms with Gasteiger partial charge in [0.25, 0.3) is 5.69 Å². The number of nitro benzene ring substituents is 1. The molecule has 0 amide bonds. The number of nitro groups is 1. The Labute approximate surface area is 68.8 Å². The van der Waals surface area contributed by atoms with Gasteiger partial charge in [0.05, 0.1) is 4.92 Å². The zero-order chi connectivity index (χ0) is 8.43. The summed E-state index contributed by atoms with van der Waals surface area (Å²) in [6.45, 7) is 3.53. The molecule has 1 aromatic carbocycles. The van der Waals surface area contributed by atoms with Gasteiger partial charge in [-0.05, 0) is 18.6 Å². The predicted molar refractivity (Wildman–Crippen MR) is 42.6 cm³/mol. The largest absolute Gasteiger partial charge is 0.269 e. The third-order valence-electron chi connectivity index (χ3n) is 1.24. The zero-order valence-corrected chi connectivity index (χ0v) is 6.34. The van der Waals surface area contributed by atoms with Crippen LogP contribution in [0.3, 0.4) is 0 Å². The van der Waals surface area contributed by atoms with Crippen molar-refractivity contribution in [1.82, 2.24) is 0 Å². The smallest absolute Gasteiger partial charge is 0.258 e. The highest BCUT2D eigenvalue weighted by Crippen LogP contribution is 2.20. The van der Waals surface area contributed by atoms with Crippen LogP contribution in [0.2, 0.25) is 5.02 Å². The fourth-order valence-corrected chi connectivity index (χ4v) is 0.792. The molecule has 0 spiro atoms. The Balaban J connectivity index is 3.15. The maximum absolute atomic E-state index is 10.2. The number of benzene rings is 1. The molecule has 0 atom stereocenters. The molecule has 1 aromatic rings. The Morgan fingerprint density at radius 1 is 1.55 bits per heavy atom. The minimum atomic E-state index is -0.481. The van der Waals surface area contributed by atoms with E-state index in [2.05, 4.69) is 6.92 Å². The third-order valence-corrected chi connectivity index (χ3v) is 1.61. The van der Waals surface area contributed by atoms with Crippen LogP contribution in [0.25, 0.3) is 0 Å². The van der Waals surface area contributed by atoms with Crippen molar-refractivity contribution in [1.29, 1.82) is 0 Å². The van der Waals surface area contributed by atoms with Gasteiger partial charge in [-0.25, -0.2) is 0 Å². The molecule has 57 valence electrons. The van der Waals surface area contributed by atoms with Crippen molar-refractivity contribution < 1.29 is 4.92 Å². The van der Waals surface area contributed by atoms with E-state index in [1.54, 1.807) is 0 Å². The first kappa shape index (κ1) is 8.01.